The molecular formula is C23H21N3O6S. The molecule has 3 N–H and O–H groups in total. The van der Waals surface area contributed by atoms with Gasteiger partial charge in [-0.25, -0.2) is 13.8 Å². The lowest BCUT2D eigenvalue weighted by atomic mass is 10.0. The van der Waals surface area contributed by atoms with Crippen LogP contribution in [0, 0.1) is 0 Å². The van der Waals surface area contributed by atoms with Crippen molar-refractivity contribution in [1.29, 1.82) is 0 Å². The molecule has 2 amide bonds. The van der Waals surface area contributed by atoms with Crippen LogP contribution in [0.1, 0.15) is 11.1 Å². The van der Waals surface area contributed by atoms with Gasteiger partial charge in [0, 0.05) is 6.54 Å². The maximum absolute atomic E-state index is 12.2. The van der Waals surface area contributed by atoms with Crippen LogP contribution in [0.5, 0.6) is 5.75 Å². The van der Waals surface area contributed by atoms with E-state index in [-0.39, 0.29) is 24.6 Å². The van der Waals surface area contributed by atoms with E-state index in [1.807, 2.05) is 53.3 Å². The van der Waals surface area contributed by atoms with E-state index in [4.69, 9.17) is 4.74 Å². The molecule has 0 radical (unpaired) electrons. The Kier molecular flexibility index (Phi) is 6.18. The van der Waals surface area contributed by atoms with Gasteiger partial charge in [0.05, 0.1) is 5.69 Å². The lowest BCUT2D eigenvalue weighted by Gasteiger charge is -2.17. The van der Waals surface area contributed by atoms with Crippen molar-refractivity contribution in [2.45, 2.75) is 13.2 Å². The van der Waals surface area contributed by atoms with Gasteiger partial charge in [0.1, 0.15) is 18.9 Å². The molecule has 0 aromatic heterocycles. The molecule has 170 valence electrons. The minimum absolute atomic E-state index is 0.00105. The van der Waals surface area contributed by atoms with Crippen molar-refractivity contribution in [3.63, 3.8) is 0 Å². The number of anilines is 1. The molecule has 0 aliphatic carbocycles. The summed E-state index contributed by atoms with van der Waals surface area (Å²) in [5.41, 5.74) is 3.05. The molecule has 0 bridgehead atoms. The van der Waals surface area contributed by atoms with Gasteiger partial charge in [-0.1, -0.05) is 54.6 Å². The predicted molar refractivity (Wildman–Crippen MR) is 121 cm³/mol. The number of nitrogens with one attached hydrogen (secondary N) is 2. The summed E-state index contributed by atoms with van der Waals surface area (Å²) in [5.74, 6) is -0.940. The number of carbonyl (C=O) groups is 2. The number of benzene rings is 3. The van der Waals surface area contributed by atoms with E-state index in [1.165, 1.54) is 12.1 Å². The maximum atomic E-state index is 12.2. The number of phenols is 1. The quantitative estimate of drug-likeness (QED) is 0.512. The zero-order valence-electron chi connectivity index (χ0n) is 17.4. The Morgan fingerprint density at radius 1 is 1.00 bits per heavy atom. The fourth-order valence-electron chi connectivity index (χ4n) is 3.37. The zero-order valence-corrected chi connectivity index (χ0v) is 18.2. The first-order valence-corrected chi connectivity index (χ1v) is 11.5. The maximum Gasteiger partial charge on any atom is 0.407 e. The van der Waals surface area contributed by atoms with Crippen LogP contribution in [0.4, 0.5) is 10.5 Å². The standard InChI is InChI=1S/C23H21N3O6S/c27-21-10-9-19(12-20(21)26-14-22(28)25-33(26,30)31)18-8-4-7-17(11-18)13-24-23(29)32-15-16-5-2-1-3-6-16/h1-12,27H,13-15H2,(H,24,29)(H,25,28). The second-order valence-corrected chi connectivity index (χ2v) is 8.95. The topological polar surface area (TPSA) is 125 Å². The van der Waals surface area contributed by atoms with Crippen LogP contribution in [-0.4, -0.2) is 32.1 Å². The number of carbonyl (C=O) groups excluding carboxylic acids is 2. The van der Waals surface area contributed by atoms with Crippen molar-refractivity contribution in [3.05, 3.63) is 83.9 Å². The highest BCUT2D eigenvalue weighted by molar-refractivity contribution is 7.92. The zero-order chi connectivity index (χ0) is 23.4. The normalized spacial score (nSPS) is 14.5. The van der Waals surface area contributed by atoms with Gasteiger partial charge >= 0.3 is 16.3 Å². The minimum atomic E-state index is -4.05. The Labute approximate surface area is 190 Å². The molecule has 3 aromatic rings. The summed E-state index contributed by atoms with van der Waals surface area (Å²) in [4.78, 5) is 23.6. The average Bonchev–Trinajstić information content (AvgIpc) is 3.09. The average molecular weight is 468 g/mol. The molecule has 0 atom stereocenters. The van der Waals surface area contributed by atoms with Crippen LogP contribution in [0.2, 0.25) is 0 Å². The van der Waals surface area contributed by atoms with E-state index in [0.29, 0.717) is 5.56 Å². The number of hydrogen-bond donors (Lipinski definition) is 3. The van der Waals surface area contributed by atoms with Crippen LogP contribution < -0.4 is 14.3 Å². The van der Waals surface area contributed by atoms with Crippen molar-refractivity contribution in [2.75, 3.05) is 10.8 Å². The number of phenolic OH excluding ortho intramolecular Hbond substituents is 1. The van der Waals surface area contributed by atoms with Gasteiger partial charge in [0.25, 0.3) is 5.91 Å². The SMILES string of the molecule is O=C1CN(c2cc(-c3cccc(CNC(=O)OCc4ccccc4)c3)ccc2O)S(=O)(=O)N1. The Hall–Kier alpha value is -4.05. The van der Waals surface area contributed by atoms with Crippen LogP contribution in [0.3, 0.4) is 0 Å². The van der Waals surface area contributed by atoms with E-state index in [1.54, 1.807) is 12.1 Å². The van der Waals surface area contributed by atoms with Gasteiger partial charge in [-0.15, -0.1) is 0 Å². The second kappa shape index (κ2) is 9.21. The van der Waals surface area contributed by atoms with Gasteiger partial charge in [-0.05, 0) is 40.5 Å². The highest BCUT2D eigenvalue weighted by Crippen LogP contribution is 2.35. The third kappa shape index (κ3) is 5.24. The Morgan fingerprint density at radius 3 is 2.45 bits per heavy atom. The number of hydrogen-bond acceptors (Lipinski definition) is 6. The molecular weight excluding hydrogens is 446 g/mol. The fraction of sp³-hybridized carbons (Fsp3) is 0.130. The third-order valence-corrected chi connectivity index (χ3v) is 6.37. The number of nitrogens with zero attached hydrogens (tertiary/aromatic N) is 1. The van der Waals surface area contributed by atoms with Crippen molar-refractivity contribution >= 4 is 27.9 Å². The summed E-state index contributed by atoms with van der Waals surface area (Å²) >= 11 is 0. The lowest BCUT2D eigenvalue weighted by Crippen LogP contribution is -2.29. The molecule has 1 heterocycles. The summed E-state index contributed by atoms with van der Waals surface area (Å²) in [6.45, 7) is -0.0144. The van der Waals surface area contributed by atoms with Gasteiger partial charge < -0.3 is 15.2 Å². The monoisotopic (exact) mass is 467 g/mol. The second-order valence-electron chi connectivity index (χ2n) is 7.36. The molecule has 1 saturated heterocycles. The molecule has 4 rings (SSSR count). The first-order chi connectivity index (χ1) is 15.8. The number of aromatic hydroxyl groups is 1. The van der Waals surface area contributed by atoms with Crippen molar-refractivity contribution in [2.24, 2.45) is 0 Å². The van der Waals surface area contributed by atoms with E-state index < -0.39 is 28.8 Å². The third-order valence-electron chi connectivity index (χ3n) is 4.97. The number of ether oxygens (including phenoxy) is 1. The fourth-order valence-corrected chi connectivity index (χ4v) is 4.53. The highest BCUT2D eigenvalue weighted by atomic mass is 32.2. The van der Waals surface area contributed by atoms with E-state index in [0.717, 1.165) is 21.0 Å². The minimum Gasteiger partial charge on any atom is -0.506 e. The first kappa shape index (κ1) is 22.2. The molecule has 3 aromatic carbocycles. The summed E-state index contributed by atoms with van der Waals surface area (Å²) in [5, 5.41) is 12.9. The van der Waals surface area contributed by atoms with Crippen LogP contribution in [-0.2, 0) is 32.9 Å². The molecule has 1 fully saturated rings. The van der Waals surface area contributed by atoms with E-state index in [9.17, 15) is 23.1 Å². The van der Waals surface area contributed by atoms with Gasteiger partial charge in [-0.3, -0.25) is 4.79 Å². The van der Waals surface area contributed by atoms with Crippen LogP contribution in [0.25, 0.3) is 11.1 Å². The number of amides is 2. The molecule has 0 spiro atoms. The lowest BCUT2D eigenvalue weighted by molar-refractivity contribution is -0.117. The van der Waals surface area contributed by atoms with Gasteiger partial charge in [0.15, 0.2) is 0 Å². The first-order valence-electron chi connectivity index (χ1n) is 10.0. The molecule has 9 nitrogen and oxygen atoms in total. The van der Waals surface area contributed by atoms with E-state index in [2.05, 4.69) is 5.32 Å². The molecule has 0 saturated carbocycles. The summed E-state index contributed by atoms with van der Waals surface area (Å²) in [6.07, 6.45) is -0.549. The smallest absolute Gasteiger partial charge is 0.407 e. The van der Waals surface area contributed by atoms with Crippen molar-refractivity contribution < 1.29 is 27.9 Å². The molecule has 0 unspecified atom stereocenters. The molecule has 33 heavy (non-hydrogen) atoms. The predicted octanol–water partition coefficient (Wildman–Crippen LogP) is 2.67. The number of alkyl carbamates (subject to hydrolysis) is 1. The van der Waals surface area contributed by atoms with Crippen LogP contribution >= 0.6 is 0 Å². The van der Waals surface area contributed by atoms with E-state index >= 15 is 0 Å². The van der Waals surface area contributed by atoms with Gasteiger partial charge in [-0.2, -0.15) is 8.42 Å². The summed E-state index contributed by atoms with van der Waals surface area (Å²) in [6, 6.07) is 21.1. The van der Waals surface area contributed by atoms with Gasteiger partial charge in [0.2, 0.25) is 0 Å². The molecule has 10 heteroatoms. The Balaban J connectivity index is 1.45. The summed E-state index contributed by atoms with van der Waals surface area (Å²) in [7, 11) is -4.05. The Bertz CT molecular complexity index is 1290. The highest BCUT2D eigenvalue weighted by Gasteiger charge is 2.35. The summed E-state index contributed by atoms with van der Waals surface area (Å²) < 4.78 is 32.2. The molecule has 1 aliphatic rings. The van der Waals surface area contributed by atoms with Crippen LogP contribution in [0.15, 0.2) is 72.8 Å². The Morgan fingerprint density at radius 2 is 1.73 bits per heavy atom. The van der Waals surface area contributed by atoms with Crippen molar-refractivity contribution in [3.8, 4) is 16.9 Å². The van der Waals surface area contributed by atoms with Crippen molar-refractivity contribution in [1.82, 2.24) is 10.0 Å². The largest absolute Gasteiger partial charge is 0.506 e. The molecule has 1 aliphatic heterocycles. The number of rotatable bonds is 6.